The molecule has 3 aromatic rings. The zero-order chi connectivity index (χ0) is 13.1. The fourth-order valence-corrected chi connectivity index (χ4v) is 4.00. The highest BCUT2D eigenvalue weighted by Crippen LogP contribution is 2.54. The Balaban J connectivity index is 1.93. The van der Waals surface area contributed by atoms with Crippen LogP contribution in [0.5, 0.6) is 0 Å². The van der Waals surface area contributed by atoms with E-state index in [1.807, 2.05) is 6.20 Å². The van der Waals surface area contributed by atoms with Crippen molar-refractivity contribution in [2.24, 2.45) is 0 Å². The van der Waals surface area contributed by atoms with Gasteiger partial charge in [0, 0.05) is 24.2 Å². The maximum atomic E-state index is 4.36. The van der Waals surface area contributed by atoms with Crippen molar-refractivity contribution in [3.63, 3.8) is 0 Å². The SMILES string of the molecule is c1ccc2c(c1)C1c3ccccc3C2c2cnccc21. The van der Waals surface area contributed by atoms with Gasteiger partial charge in [0.1, 0.15) is 0 Å². The molecular formula is C19H13N. The van der Waals surface area contributed by atoms with E-state index in [0.29, 0.717) is 11.8 Å². The average Bonchev–Trinajstić information content (AvgIpc) is 2.54. The molecule has 0 N–H and O–H groups in total. The van der Waals surface area contributed by atoms with Gasteiger partial charge in [0.15, 0.2) is 0 Å². The fourth-order valence-electron chi connectivity index (χ4n) is 4.00. The minimum atomic E-state index is 0.357. The highest BCUT2D eigenvalue weighted by Gasteiger charge is 2.40. The van der Waals surface area contributed by atoms with Crippen molar-refractivity contribution in [2.75, 3.05) is 0 Å². The number of hydrogen-bond donors (Lipinski definition) is 0. The predicted molar refractivity (Wildman–Crippen MR) is 79.0 cm³/mol. The summed E-state index contributed by atoms with van der Waals surface area (Å²) in [4.78, 5) is 4.36. The van der Waals surface area contributed by atoms with Crippen LogP contribution in [0, 0.1) is 0 Å². The quantitative estimate of drug-likeness (QED) is 0.406. The minimum Gasteiger partial charge on any atom is -0.264 e. The number of hydrogen-bond acceptors (Lipinski definition) is 1. The highest BCUT2D eigenvalue weighted by atomic mass is 14.6. The van der Waals surface area contributed by atoms with Crippen LogP contribution in [0.15, 0.2) is 67.0 Å². The third kappa shape index (κ3) is 1.11. The van der Waals surface area contributed by atoms with E-state index in [1.165, 1.54) is 33.4 Å². The molecule has 20 heavy (non-hydrogen) atoms. The van der Waals surface area contributed by atoms with Crippen molar-refractivity contribution >= 4 is 0 Å². The maximum Gasteiger partial charge on any atom is 0.0364 e. The van der Waals surface area contributed by atoms with E-state index in [4.69, 9.17) is 0 Å². The lowest BCUT2D eigenvalue weighted by Gasteiger charge is -2.41. The van der Waals surface area contributed by atoms with Crippen LogP contribution in [0.2, 0.25) is 0 Å². The van der Waals surface area contributed by atoms with E-state index < -0.39 is 0 Å². The van der Waals surface area contributed by atoms with E-state index in [0.717, 1.165) is 0 Å². The molecule has 3 aliphatic rings. The van der Waals surface area contributed by atoms with E-state index in [9.17, 15) is 0 Å². The van der Waals surface area contributed by atoms with Crippen molar-refractivity contribution in [1.29, 1.82) is 0 Å². The Morgan fingerprint density at radius 1 is 0.550 bits per heavy atom. The molecular weight excluding hydrogens is 242 g/mol. The monoisotopic (exact) mass is 255 g/mol. The predicted octanol–water partition coefficient (Wildman–Crippen LogP) is 4.07. The van der Waals surface area contributed by atoms with Crippen LogP contribution in [0.4, 0.5) is 0 Å². The van der Waals surface area contributed by atoms with Gasteiger partial charge in [-0.25, -0.2) is 0 Å². The Morgan fingerprint density at radius 2 is 1.00 bits per heavy atom. The fraction of sp³-hybridized carbons (Fsp3) is 0.105. The van der Waals surface area contributed by atoms with Crippen LogP contribution in [-0.2, 0) is 0 Å². The van der Waals surface area contributed by atoms with Gasteiger partial charge in [-0.15, -0.1) is 0 Å². The number of rotatable bonds is 0. The molecule has 1 nitrogen and oxygen atoms in total. The van der Waals surface area contributed by atoms with E-state index in [1.54, 1.807) is 0 Å². The molecule has 0 saturated heterocycles. The van der Waals surface area contributed by atoms with Crippen LogP contribution in [0.1, 0.15) is 45.2 Å². The van der Waals surface area contributed by atoms with Gasteiger partial charge in [-0.1, -0.05) is 48.5 Å². The number of nitrogens with zero attached hydrogens (tertiary/aromatic N) is 1. The molecule has 0 amide bonds. The first-order valence-corrected chi connectivity index (χ1v) is 7.06. The van der Waals surface area contributed by atoms with Gasteiger partial charge in [-0.2, -0.15) is 0 Å². The number of pyridine rings is 1. The molecule has 94 valence electrons. The Morgan fingerprint density at radius 3 is 1.55 bits per heavy atom. The van der Waals surface area contributed by atoms with Crippen LogP contribution in [0.3, 0.4) is 0 Å². The smallest absolute Gasteiger partial charge is 0.0364 e. The lowest BCUT2D eigenvalue weighted by molar-refractivity contribution is 0.748. The van der Waals surface area contributed by atoms with Crippen LogP contribution >= 0.6 is 0 Å². The second kappa shape index (κ2) is 3.57. The topological polar surface area (TPSA) is 12.9 Å². The molecule has 0 spiro atoms. The van der Waals surface area contributed by atoms with Crippen LogP contribution in [0.25, 0.3) is 0 Å². The second-order valence-electron chi connectivity index (χ2n) is 5.63. The van der Waals surface area contributed by atoms with Gasteiger partial charge < -0.3 is 0 Å². The summed E-state index contributed by atoms with van der Waals surface area (Å²) in [6, 6.07) is 19.9. The molecule has 0 fully saturated rings. The number of aromatic nitrogens is 1. The van der Waals surface area contributed by atoms with Gasteiger partial charge in [0.25, 0.3) is 0 Å². The average molecular weight is 255 g/mol. The molecule has 1 heterocycles. The third-order valence-electron chi connectivity index (χ3n) is 4.75. The number of benzene rings is 2. The Hall–Kier alpha value is -2.41. The molecule has 1 heteroatoms. The minimum absolute atomic E-state index is 0.357. The summed E-state index contributed by atoms with van der Waals surface area (Å²) in [6.45, 7) is 0. The van der Waals surface area contributed by atoms with Gasteiger partial charge in [-0.05, 0) is 39.4 Å². The molecule has 3 aliphatic carbocycles. The summed E-state index contributed by atoms with van der Waals surface area (Å²) in [5.74, 6) is 0.737. The molecule has 0 unspecified atom stereocenters. The molecule has 0 aliphatic heterocycles. The molecule has 0 atom stereocenters. The summed E-state index contributed by atoms with van der Waals surface area (Å²) < 4.78 is 0. The largest absolute Gasteiger partial charge is 0.264 e. The van der Waals surface area contributed by atoms with Crippen molar-refractivity contribution in [3.05, 3.63) is 100 Å². The van der Waals surface area contributed by atoms with Gasteiger partial charge in [-0.3, -0.25) is 4.98 Å². The maximum absolute atomic E-state index is 4.36. The standard InChI is InChI=1S/C19H13N/c1-3-7-14-12(5-1)18-13-6-2-4-8-15(13)19(14)17-11-20-10-9-16(17)18/h1-11,18-19H. The zero-order valence-corrected chi connectivity index (χ0v) is 11.0. The van der Waals surface area contributed by atoms with Crippen LogP contribution in [-0.4, -0.2) is 4.98 Å². The van der Waals surface area contributed by atoms with Crippen molar-refractivity contribution in [3.8, 4) is 0 Å². The summed E-state index contributed by atoms with van der Waals surface area (Å²) in [7, 11) is 0. The van der Waals surface area contributed by atoms with E-state index in [-0.39, 0.29) is 0 Å². The molecule has 6 rings (SSSR count). The summed E-state index contributed by atoms with van der Waals surface area (Å²) in [5, 5.41) is 0. The Kier molecular flexibility index (Phi) is 1.86. The Labute approximate surface area is 117 Å². The van der Waals surface area contributed by atoms with Crippen LogP contribution < -0.4 is 0 Å². The zero-order valence-electron chi connectivity index (χ0n) is 11.0. The molecule has 1 aromatic heterocycles. The molecule has 2 aromatic carbocycles. The molecule has 0 radical (unpaired) electrons. The first-order chi connectivity index (χ1) is 9.95. The van der Waals surface area contributed by atoms with E-state index in [2.05, 4.69) is 65.8 Å². The lowest BCUT2D eigenvalue weighted by atomic mass is 9.61. The summed E-state index contributed by atoms with van der Waals surface area (Å²) >= 11 is 0. The third-order valence-corrected chi connectivity index (χ3v) is 4.75. The van der Waals surface area contributed by atoms with Crippen molar-refractivity contribution < 1.29 is 0 Å². The first-order valence-electron chi connectivity index (χ1n) is 7.06. The molecule has 2 bridgehead atoms. The first kappa shape index (κ1) is 10.4. The highest BCUT2D eigenvalue weighted by molar-refractivity contribution is 5.67. The van der Waals surface area contributed by atoms with Gasteiger partial charge >= 0.3 is 0 Å². The summed E-state index contributed by atoms with van der Waals surface area (Å²) in [5.41, 5.74) is 8.66. The Bertz CT molecular complexity index is 653. The van der Waals surface area contributed by atoms with Gasteiger partial charge in [0.2, 0.25) is 0 Å². The van der Waals surface area contributed by atoms with E-state index >= 15 is 0 Å². The second-order valence-corrected chi connectivity index (χ2v) is 5.63. The van der Waals surface area contributed by atoms with Gasteiger partial charge in [0.05, 0.1) is 0 Å². The van der Waals surface area contributed by atoms with Crippen molar-refractivity contribution in [2.45, 2.75) is 11.8 Å². The summed E-state index contributed by atoms with van der Waals surface area (Å²) in [6.07, 6.45) is 3.98. The lowest BCUT2D eigenvalue weighted by Crippen LogP contribution is -2.27. The van der Waals surface area contributed by atoms with Crippen molar-refractivity contribution in [1.82, 2.24) is 4.98 Å². The normalized spacial score (nSPS) is 21.0. The molecule has 0 saturated carbocycles.